The Morgan fingerprint density at radius 1 is 1.02 bits per heavy atom. The molecule has 6 aromatic rings. The highest BCUT2D eigenvalue weighted by Gasteiger charge is 2.17. The Balaban J connectivity index is 1.46. The molecule has 0 bridgehead atoms. The van der Waals surface area contributed by atoms with Crippen LogP contribution in [0, 0.1) is 5.82 Å². The van der Waals surface area contributed by atoms with Crippen LogP contribution in [0.5, 0.6) is 11.5 Å². The molecule has 6 rings (SSSR count). The van der Waals surface area contributed by atoms with E-state index in [0.717, 1.165) is 5.39 Å². The number of halogens is 2. The quantitative estimate of drug-likeness (QED) is 0.198. The molecule has 0 aliphatic carbocycles. The second-order valence-electron chi connectivity index (χ2n) is 8.87. The van der Waals surface area contributed by atoms with E-state index in [-0.39, 0.29) is 23.8 Å². The summed E-state index contributed by atoms with van der Waals surface area (Å²) in [5.74, 6) is 0.957. The standard InChI is InChI=1S/C31H21ClFN3O4/c1-38-27-12-6-8-19(29(27)39-18-20-7-2-4-10-24(20)33)17-34-36-30(35-25-11-5-3-9-23(25)31(36)37)28-16-21-15-22(32)13-14-26(21)40-28/h2-17H,18H2,1H3. The third kappa shape index (κ3) is 4.81. The third-order valence-corrected chi connectivity index (χ3v) is 6.56. The normalized spacial score (nSPS) is 11.5. The first-order valence-corrected chi connectivity index (χ1v) is 12.7. The van der Waals surface area contributed by atoms with Crippen molar-refractivity contribution in [2.75, 3.05) is 7.11 Å². The Morgan fingerprint density at radius 3 is 2.70 bits per heavy atom. The summed E-state index contributed by atoms with van der Waals surface area (Å²) in [6, 6.07) is 25.6. The Kier molecular flexibility index (Phi) is 6.76. The van der Waals surface area contributed by atoms with Gasteiger partial charge in [-0.05, 0) is 54.6 Å². The Hall–Kier alpha value is -4.95. The molecule has 0 amide bonds. The molecule has 0 unspecified atom stereocenters. The molecule has 0 atom stereocenters. The van der Waals surface area contributed by atoms with E-state index in [4.69, 9.17) is 30.5 Å². The summed E-state index contributed by atoms with van der Waals surface area (Å²) in [4.78, 5) is 18.3. The minimum atomic E-state index is -0.382. The van der Waals surface area contributed by atoms with Gasteiger partial charge >= 0.3 is 0 Å². The smallest absolute Gasteiger partial charge is 0.282 e. The van der Waals surface area contributed by atoms with Gasteiger partial charge in [-0.2, -0.15) is 9.78 Å². The number of para-hydroxylation sites is 2. The minimum Gasteiger partial charge on any atom is -0.493 e. The number of ether oxygens (including phenoxy) is 2. The molecule has 0 radical (unpaired) electrons. The largest absolute Gasteiger partial charge is 0.493 e. The van der Waals surface area contributed by atoms with E-state index in [9.17, 15) is 9.18 Å². The Bertz CT molecular complexity index is 1960. The van der Waals surface area contributed by atoms with E-state index in [1.165, 1.54) is 24.1 Å². The van der Waals surface area contributed by atoms with Gasteiger partial charge in [0.1, 0.15) is 18.0 Å². The van der Waals surface area contributed by atoms with Crippen molar-refractivity contribution in [2.45, 2.75) is 6.61 Å². The van der Waals surface area contributed by atoms with E-state index in [1.807, 2.05) is 0 Å². The molecule has 7 nitrogen and oxygen atoms in total. The molecule has 0 saturated heterocycles. The highest BCUT2D eigenvalue weighted by Crippen LogP contribution is 2.32. The van der Waals surface area contributed by atoms with Gasteiger partial charge in [-0.15, -0.1) is 0 Å². The molecule has 0 aliphatic heterocycles. The third-order valence-electron chi connectivity index (χ3n) is 6.32. The lowest BCUT2D eigenvalue weighted by molar-refractivity contribution is 0.279. The van der Waals surface area contributed by atoms with Crippen LogP contribution in [-0.2, 0) is 6.61 Å². The van der Waals surface area contributed by atoms with E-state index >= 15 is 0 Å². The van der Waals surface area contributed by atoms with Crippen LogP contribution >= 0.6 is 11.6 Å². The minimum absolute atomic E-state index is 0.0296. The average Bonchev–Trinajstić information content (AvgIpc) is 3.39. The van der Waals surface area contributed by atoms with E-state index < -0.39 is 0 Å². The SMILES string of the molecule is COc1cccc(C=Nn2c(-c3cc4cc(Cl)ccc4o3)nc3ccccc3c2=O)c1OCc1ccccc1F. The Labute approximate surface area is 232 Å². The molecule has 0 aliphatic rings. The maximum absolute atomic E-state index is 14.2. The van der Waals surface area contributed by atoms with Crippen molar-refractivity contribution in [1.29, 1.82) is 0 Å². The second kappa shape index (κ2) is 10.7. The van der Waals surface area contributed by atoms with Crippen molar-refractivity contribution in [2.24, 2.45) is 5.10 Å². The number of aromatic nitrogens is 2. The van der Waals surface area contributed by atoms with Gasteiger partial charge in [0.25, 0.3) is 5.56 Å². The summed E-state index contributed by atoms with van der Waals surface area (Å²) in [6.07, 6.45) is 1.47. The first kappa shape index (κ1) is 25.3. The fourth-order valence-electron chi connectivity index (χ4n) is 4.35. The van der Waals surface area contributed by atoms with Crippen LogP contribution in [-0.4, -0.2) is 23.0 Å². The molecule has 198 valence electrons. The van der Waals surface area contributed by atoms with E-state index in [0.29, 0.717) is 49.9 Å². The average molecular weight is 554 g/mol. The molecule has 9 heteroatoms. The Morgan fingerprint density at radius 2 is 1.85 bits per heavy atom. The van der Waals surface area contributed by atoms with Crippen molar-refractivity contribution in [1.82, 2.24) is 9.66 Å². The van der Waals surface area contributed by atoms with Gasteiger partial charge in [0.2, 0.25) is 5.82 Å². The fraction of sp³-hybridized carbons (Fsp3) is 0.0645. The van der Waals surface area contributed by atoms with Crippen LogP contribution in [0.2, 0.25) is 5.02 Å². The monoisotopic (exact) mass is 553 g/mol. The molecule has 0 saturated carbocycles. The summed E-state index contributed by atoms with van der Waals surface area (Å²) < 4.78 is 32.9. The van der Waals surface area contributed by atoms with Gasteiger partial charge < -0.3 is 13.9 Å². The number of fused-ring (bicyclic) bond motifs is 2. The number of benzene rings is 4. The zero-order chi connectivity index (χ0) is 27.6. The van der Waals surface area contributed by atoms with Crippen LogP contribution in [0.1, 0.15) is 11.1 Å². The molecule has 2 aromatic heterocycles. The summed E-state index contributed by atoms with van der Waals surface area (Å²) in [5.41, 5.74) is 1.61. The molecule has 4 aromatic carbocycles. The van der Waals surface area contributed by atoms with E-state index in [2.05, 4.69) is 5.10 Å². The molecule has 0 N–H and O–H groups in total. The summed E-state index contributed by atoms with van der Waals surface area (Å²) >= 11 is 6.16. The number of hydrogen-bond donors (Lipinski definition) is 0. The molecule has 0 spiro atoms. The predicted molar refractivity (Wildman–Crippen MR) is 153 cm³/mol. The second-order valence-corrected chi connectivity index (χ2v) is 9.30. The lowest BCUT2D eigenvalue weighted by Crippen LogP contribution is -2.20. The van der Waals surface area contributed by atoms with Gasteiger partial charge in [-0.25, -0.2) is 9.37 Å². The van der Waals surface area contributed by atoms with Crippen molar-refractivity contribution in [3.8, 4) is 23.1 Å². The number of nitrogens with zero attached hydrogens (tertiary/aromatic N) is 3. The van der Waals surface area contributed by atoms with Crippen LogP contribution in [0.3, 0.4) is 0 Å². The maximum Gasteiger partial charge on any atom is 0.282 e. The van der Waals surface area contributed by atoms with Gasteiger partial charge in [0, 0.05) is 21.5 Å². The van der Waals surface area contributed by atoms with Gasteiger partial charge in [0.15, 0.2) is 17.3 Å². The zero-order valence-electron chi connectivity index (χ0n) is 21.2. The number of furan rings is 1. The molecule has 40 heavy (non-hydrogen) atoms. The van der Waals surface area contributed by atoms with Crippen molar-refractivity contribution >= 4 is 39.7 Å². The maximum atomic E-state index is 14.2. The van der Waals surface area contributed by atoms with Gasteiger partial charge in [-0.1, -0.05) is 48.0 Å². The highest BCUT2D eigenvalue weighted by molar-refractivity contribution is 6.31. The summed E-state index contributed by atoms with van der Waals surface area (Å²) in [5, 5.41) is 6.23. The molecule has 0 fully saturated rings. The lowest BCUT2D eigenvalue weighted by Gasteiger charge is -2.14. The fourth-order valence-corrected chi connectivity index (χ4v) is 4.53. The number of methoxy groups -OCH3 is 1. The zero-order valence-corrected chi connectivity index (χ0v) is 21.9. The molecular weight excluding hydrogens is 533 g/mol. The van der Waals surface area contributed by atoms with Crippen molar-refractivity contribution < 1.29 is 18.3 Å². The predicted octanol–water partition coefficient (Wildman–Crippen LogP) is 7.07. The van der Waals surface area contributed by atoms with Gasteiger partial charge in [0.05, 0.1) is 24.2 Å². The summed E-state index contributed by atoms with van der Waals surface area (Å²) in [7, 11) is 1.51. The van der Waals surface area contributed by atoms with Crippen LogP contribution in [0.15, 0.2) is 105 Å². The highest BCUT2D eigenvalue weighted by atomic mass is 35.5. The summed E-state index contributed by atoms with van der Waals surface area (Å²) in [6.45, 7) is -0.0296. The van der Waals surface area contributed by atoms with Crippen LogP contribution in [0.4, 0.5) is 4.39 Å². The van der Waals surface area contributed by atoms with E-state index in [1.54, 1.807) is 84.9 Å². The first-order valence-electron chi connectivity index (χ1n) is 12.3. The first-order chi connectivity index (χ1) is 19.5. The van der Waals surface area contributed by atoms with Gasteiger partial charge in [-0.3, -0.25) is 4.79 Å². The number of hydrogen-bond acceptors (Lipinski definition) is 6. The van der Waals surface area contributed by atoms with Crippen molar-refractivity contribution in [3.05, 3.63) is 123 Å². The van der Waals surface area contributed by atoms with Crippen LogP contribution < -0.4 is 15.0 Å². The molecular formula is C31H21ClFN3O4. The molecule has 2 heterocycles. The van der Waals surface area contributed by atoms with Crippen LogP contribution in [0.25, 0.3) is 33.5 Å². The lowest BCUT2D eigenvalue weighted by atomic mass is 10.2. The topological polar surface area (TPSA) is 78.9 Å². The van der Waals surface area contributed by atoms with Crippen molar-refractivity contribution in [3.63, 3.8) is 0 Å². The number of rotatable bonds is 7.